The molecule has 10 nitrogen and oxygen atoms in total. The third-order valence-corrected chi connectivity index (χ3v) is 8.69. The Morgan fingerprint density at radius 2 is 1.69 bits per heavy atom. The second kappa shape index (κ2) is 17.9. The van der Waals surface area contributed by atoms with Gasteiger partial charge in [0.15, 0.2) is 0 Å². The van der Waals surface area contributed by atoms with E-state index in [9.17, 15) is 24.0 Å². The van der Waals surface area contributed by atoms with Gasteiger partial charge >= 0.3 is 0 Å². The van der Waals surface area contributed by atoms with Crippen LogP contribution in [0, 0.1) is 11.8 Å². The maximum atomic E-state index is 13.3. The lowest BCUT2D eigenvalue weighted by atomic mass is 10.00. The second-order valence-electron chi connectivity index (χ2n) is 13.3. The standard InChI is InChI=1S/C33H51Cl2N5O5/c1-21(2)16-25(20-41)37-30(43)27(40(7)29(42)17-22-11-12-22)10-8-9-15-36-32(45)33(3,4)38-31(44)28(39(5)6)19-23-18-24(34)13-14-26(23)35/h13-14,18,20-22,25,27-28H,8-12,15-17,19H2,1-7H3,(H,36,45)(H,37,43)(H,38,44)/t25-,27?,28-/m0/s1. The quantitative estimate of drug-likeness (QED) is 0.151. The number of carbonyl (C=O) groups excluding carboxylic acids is 5. The number of aldehydes is 1. The fourth-order valence-corrected chi connectivity index (χ4v) is 5.46. The molecule has 0 aromatic heterocycles. The Kier molecular flexibility index (Phi) is 15.3. The van der Waals surface area contributed by atoms with E-state index >= 15 is 0 Å². The third kappa shape index (κ3) is 12.9. The number of rotatable bonds is 19. The van der Waals surface area contributed by atoms with Gasteiger partial charge in [-0.2, -0.15) is 0 Å². The Bertz CT molecular complexity index is 1190. The van der Waals surface area contributed by atoms with Crippen LogP contribution in [-0.4, -0.2) is 91.1 Å². The average Bonchev–Trinajstić information content (AvgIpc) is 3.77. The minimum absolute atomic E-state index is 0.0800. The molecule has 1 unspecified atom stereocenters. The number of amides is 4. The summed E-state index contributed by atoms with van der Waals surface area (Å²) in [5, 5.41) is 9.58. The number of nitrogens with one attached hydrogen (secondary N) is 3. The van der Waals surface area contributed by atoms with E-state index in [-0.39, 0.29) is 29.5 Å². The van der Waals surface area contributed by atoms with E-state index in [1.54, 1.807) is 58.1 Å². The Morgan fingerprint density at radius 1 is 1.02 bits per heavy atom. The predicted octanol–water partition coefficient (Wildman–Crippen LogP) is 4.00. The van der Waals surface area contributed by atoms with E-state index in [4.69, 9.17) is 23.2 Å². The molecule has 2 rings (SSSR count). The molecule has 0 heterocycles. The first-order chi connectivity index (χ1) is 21.0. The minimum Gasteiger partial charge on any atom is -0.354 e. The summed E-state index contributed by atoms with van der Waals surface area (Å²) >= 11 is 12.5. The Balaban J connectivity index is 1.94. The summed E-state index contributed by atoms with van der Waals surface area (Å²) in [6.45, 7) is 7.56. The van der Waals surface area contributed by atoms with Crippen molar-refractivity contribution in [3.63, 3.8) is 0 Å². The Labute approximate surface area is 278 Å². The van der Waals surface area contributed by atoms with Gasteiger partial charge in [0, 0.05) is 30.1 Å². The molecule has 1 saturated carbocycles. The van der Waals surface area contributed by atoms with E-state index in [1.807, 2.05) is 13.8 Å². The number of carbonyl (C=O) groups is 5. The molecule has 1 aliphatic carbocycles. The smallest absolute Gasteiger partial charge is 0.245 e. The van der Waals surface area contributed by atoms with Crippen LogP contribution in [0.5, 0.6) is 0 Å². The van der Waals surface area contributed by atoms with Crippen molar-refractivity contribution in [1.82, 2.24) is 25.8 Å². The summed E-state index contributed by atoms with van der Waals surface area (Å²) < 4.78 is 0. The predicted molar refractivity (Wildman–Crippen MR) is 178 cm³/mol. The second-order valence-corrected chi connectivity index (χ2v) is 14.2. The number of nitrogens with zero attached hydrogens (tertiary/aromatic N) is 2. The highest BCUT2D eigenvalue weighted by molar-refractivity contribution is 6.33. The molecular formula is C33H51Cl2N5O5. The van der Waals surface area contributed by atoms with E-state index in [1.165, 1.54) is 4.90 Å². The SMILES string of the molecule is CC(C)C[C@@H](C=O)NC(=O)C(CCCCNC(=O)C(C)(C)NC(=O)[C@H](Cc1cc(Cl)ccc1Cl)N(C)C)N(C)C(=O)CC1CC1. The van der Waals surface area contributed by atoms with Crippen molar-refractivity contribution in [1.29, 1.82) is 0 Å². The van der Waals surface area contributed by atoms with Gasteiger partial charge in [0.25, 0.3) is 0 Å². The van der Waals surface area contributed by atoms with Gasteiger partial charge in [-0.15, -0.1) is 0 Å². The van der Waals surface area contributed by atoms with Crippen molar-refractivity contribution in [2.75, 3.05) is 27.7 Å². The van der Waals surface area contributed by atoms with Crippen LogP contribution < -0.4 is 16.0 Å². The van der Waals surface area contributed by atoms with Crippen LogP contribution in [-0.2, 0) is 30.4 Å². The van der Waals surface area contributed by atoms with Gasteiger partial charge < -0.3 is 25.6 Å². The lowest BCUT2D eigenvalue weighted by Crippen LogP contribution is -2.59. The molecule has 0 spiro atoms. The fraction of sp³-hybridized carbons (Fsp3) is 0.667. The van der Waals surface area contributed by atoms with Crippen molar-refractivity contribution in [2.45, 2.75) is 103 Å². The molecule has 1 fully saturated rings. The molecule has 4 amide bonds. The highest BCUT2D eigenvalue weighted by Gasteiger charge is 2.34. The molecule has 0 saturated heterocycles. The zero-order valence-corrected chi connectivity index (χ0v) is 29.3. The van der Waals surface area contributed by atoms with Gasteiger partial charge in [-0.25, -0.2) is 0 Å². The normalized spacial score (nSPS) is 15.3. The Morgan fingerprint density at radius 3 is 2.27 bits per heavy atom. The summed E-state index contributed by atoms with van der Waals surface area (Å²) in [7, 11) is 5.20. The molecule has 45 heavy (non-hydrogen) atoms. The lowest BCUT2D eigenvalue weighted by Gasteiger charge is -2.30. The molecule has 0 aliphatic heterocycles. The highest BCUT2D eigenvalue weighted by atomic mass is 35.5. The molecule has 0 bridgehead atoms. The maximum Gasteiger partial charge on any atom is 0.245 e. The van der Waals surface area contributed by atoms with Gasteiger partial charge in [0.2, 0.25) is 23.6 Å². The summed E-state index contributed by atoms with van der Waals surface area (Å²) in [6.07, 6.45) is 5.55. The van der Waals surface area contributed by atoms with Crippen molar-refractivity contribution in [3.8, 4) is 0 Å². The maximum absolute atomic E-state index is 13.3. The molecule has 252 valence electrons. The first-order valence-corrected chi connectivity index (χ1v) is 16.5. The summed E-state index contributed by atoms with van der Waals surface area (Å²) in [6, 6.07) is 3.19. The van der Waals surface area contributed by atoms with E-state index in [0.29, 0.717) is 61.0 Å². The van der Waals surface area contributed by atoms with E-state index < -0.39 is 23.7 Å². The number of hydrogen-bond donors (Lipinski definition) is 3. The van der Waals surface area contributed by atoms with Crippen molar-refractivity contribution in [2.24, 2.45) is 11.8 Å². The average molecular weight is 669 g/mol. The van der Waals surface area contributed by atoms with Gasteiger partial charge in [-0.3, -0.25) is 24.1 Å². The third-order valence-electron chi connectivity index (χ3n) is 8.08. The van der Waals surface area contributed by atoms with Crippen molar-refractivity contribution in [3.05, 3.63) is 33.8 Å². The molecule has 12 heteroatoms. The number of likely N-dealkylation sites (N-methyl/N-ethyl adjacent to an activating group) is 2. The molecule has 3 N–H and O–H groups in total. The van der Waals surface area contributed by atoms with E-state index in [2.05, 4.69) is 16.0 Å². The summed E-state index contributed by atoms with van der Waals surface area (Å²) in [4.78, 5) is 67.2. The fourth-order valence-electron chi connectivity index (χ4n) is 5.07. The van der Waals surface area contributed by atoms with Crippen LogP contribution in [0.2, 0.25) is 10.0 Å². The highest BCUT2D eigenvalue weighted by Crippen LogP contribution is 2.33. The molecule has 3 atom stereocenters. The number of hydrogen-bond acceptors (Lipinski definition) is 6. The first kappa shape index (κ1) is 38.5. The summed E-state index contributed by atoms with van der Waals surface area (Å²) in [5.41, 5.74) is -0.463. The lowest BCUT2D eigenvalue weighted by molar-refractivity contribution is -0.140. The van der Waals surface area contributed by atoms with Crippen LogP contribution in [0.25, 0.3) is 0 Å². The molecule has 1 aromatic rings. The zero-order valence-electron chi connectivity index (χ0n) is 27.8. The largest absolute Gasteiger partial charge is 0.354 e. The molecular weight excluding hydrogens is 617 g/mol. The van der Waals surface area contributed by atoms with Gasteiger partial charge in [-0.1, -0.05) is 37.0 Å². The van der Waals surface area contributed by atoms with Gasteiger partial charge in [-0.05, 0) is 108 Å². The number of benzene rings is 1. The number of unbranched alkanes of at least 4 members (excludes halogenated alkanes) is 1. The van der Waals surface area contributed by atoms with Gasteiger partial charge in [0.1, 0.15) is 17.9 Å². The van der Waals surface area contributed by atoms with Crippen molar-refractivity contribution >= 4 is 53.1 Å². The molecule has 1 aliphatic rings. The van der Waals surface area contributed by atoms with Crippen LogP contribution in [0.4, 0.5) is 0 Å². The monoisotopic (exact) mass is 667 g/mol. The topological polar surface area (TPSA) is 128 Å². The van der Waals surface area contributed by atoms with Crippen LogP contribution in [0.15, 0.2) is 18.2 Å². The van der Waals surface area contributed by atoms with Crippen molar-refractivity contribution < 1.29 is 24.0 Å². The number of halogens is 2. The van der Waals surface area contributed by atoms with E-state index in [0.717, 1.165) is 24.7 Å². The zero-order chi connectivity index (χ0) is 33.9. The molecule has 1 aromatic carbocycles. The molecule has 0 radical (unpaired) electrons. The Hall–Kier alpha value is -2.69. The van der Waals surface area contributed by atoms with Crippen LogP contribution in [0.1, 0.15) is 78.2 Å². The first-order valence-electron chi connectivity index (χ1n) is 15.8. The van der Waals surface area contributed by atoms with Crippen LogP contribution >= 0.6 is 23.2 Å². The summed E-state index contributed by atoms with van der Waals surface area (Å²) in [5.74, 6) is -0.488. The minimum atomic E-state index is -1.19. The van der Waals surface area contributed by atoms with Gasteiger partial charge in [0.05, 0.1) is 12.1 Å². The van der Waals surface area contributed by atoms with Crippen LogP contribution in [0.3, 0.4) is 0 Å².